The van der Waals surface area contributed by atoms with Crippen molar-refractivity contribution in [1.82, 2.24) is 5.32 Å². The molecular formula is C17H18N2O. The van der Waals surface area contributed by atoms with Gasteiger partial charge in [0, 0.05) is 12.6 Å². The lowest BCUT2D eigenvalue weighted by Gasteiger charge is -2.14. The molecule has 0 saturated heterocycles. The van der Waals surface area contributed by atoms with Gasteiger partial charge in [-0.3, -0.25) is 0 Å². The van der Waals surface area contributed by atoms with Crippen molar-refractivity contribution in [3.8, 4) is 6.07 Å². The first-order valence-electron chi connectivity index (χ1n) is 6.65. The second-order valence-electron chi connectivity index (χ2n) is 4.81. The van der Waals surface area contributed by atoms with Gasteiger partial charge in [0.1, 0.15) is 0 Å². The highest BCUT2D eigenvalue weighted by Crippen LogP contribution is 2.15. The third kappa shape index (κ3) is 3.67. The summed E-state index contributed by atoms with van der Waals surface area (Å²) in [6.45, 7) is 2.91. The van der Waals surface area contributed by atoms with Crippen molar-refractivity contribution in [2.24, 2.45) is 0 Å². The molecule has 3 nitrogen and oxygen atoms in total. The summed E-state index contributed by atoms with van der Waals surface area (Å²) in [7, 11) is 0. The molecule has 0 spiro atoms. The Balaban J connectivity index is 1.97. The van der Waals surface area contributed by atoms with Crippen molar-refractivity contribution in [3.05, 3.63) is 70.8 Å². The summed E-state index contributed by atoms with van der Waals surface area (Å²) in [5, 5.41) is 21.3. The smallest absolute Gasteiger partial charge is 0.0991 e. The topological polar surface area (TPSA) is 56.0 Å². The Bertz CT molecular complexity index is 599. The van der Waals surface area contributed by atoms with Gasteiger partial charge in [-0.25, -0.2) is 0 Å². The van der Waals surface area contributed by atoms with Crippen LogP contribution >= 0.6 is 0 Å². The molecule has 0 radical (unpaired) electrons. The highest BCUT2D eigenvalue weighted by atomic mass is 16.3. The fourth-order valence-corrected chi connectivity index (χ4v) is 2.03. The van der Waals surface area contributed by atoms with Gasteiger partial charge in [0.25, 0.3) is 0 Å². The van der Waals surface area contributed by atoms with Gasteiger partial charge in [-0.05, 0) is 35.7 Å². The second-order valence-corrected chi connectivity index (χ2v) is 4.81. The zero-order valence-corrected chi connectivity index (χ0v) is 11.5. The summed E-state index contributed by atoms with van der Waals surface area (Å²) in [6.07, 6.45) is 0. The van der Waals surface area contributed by atoms with Gasteiger partial charge in [-0.2, -0.15) is 5.26 Å². The number of benzene rings is 2. The van der Waals surface area contributed by atoms with Crippen LogP contribution in [0.2, 0.25) is 0 Å². The van der Waals surface area contributed by atoms with E-state index in [0.29, 0.717) is 5.56 Å². The number of aliphatic hydroxyl groups is 1. The van der Waals surface area contributed by atoms with E-state index in [9.17, 15) is 0 Å². The first-order chi connectivity index (χ1) is 9.72. The van der Waals surface area contributed by atoms with Crippen molar-refractivity contribution in [2.75, 3.05) is 0 Å². The van der Waals surface area contributed by atoms with Gasteiger partial charge in [0.15, 0.2) is 0 Å². The maximum absolute atomic E-state index is 9.00. The second kappa shape index (κ2) is 6.85. The average molecular weight is 266 g/mol. The zero-order valence-electron chi connectivity index (χ0n) is 11.5. The molecule has 2 aromatic carbocycles. The average Bonchev–Trinajstić information content (AvgIpc) is 2.53. The third-order valence-electron chi connectivity index (χ3n) is 3.33. The molecule has 2 aromatic rings. The first-order valence-corrected chi connectivity index (χ1v) is 6.65. The van der Waals surface area contributed by atoms with E-state index in [4.69, 9.17) is 10.4 Å². The number of nitrogens with zero attached hydrogens (tertiary/aromatic N) is 1. The van der Waals surface area contributed by atoms with Crippen molar-refractivity contribution < 1.29 is 5.11 Å². The normalized spacial score (nSPS) is 11.8. The van der Waals surface area contributed by atoms with E-state index in [-0.39, 0.29) is 12.6 Å². The Morgan fingerprint density at radius 3 is 2.50 bits per heavy atom. The molecule has 102 valence electrons. The predicted molar refractivity (Wildman–Crippen MR) is 78.8 cm³/mol. The van der Waals surface area contributed by atoms with Gasteiger partial charge < -0.3 is 10.4 Å². The summed E-state index contributed by atoms with van der Waals surface area (Å²) in [5.41, 5.74) is 3.88. The van der Waals surface area contributed by atoms with E-state index in [1.807, 2.05) is 48.5 Å². The zero-order chi connectivity index (χ0) is 14.4. The van der Waals surface area contributed by atoms with Crippen LogP contribution < -0.4 is 5.32 Å². The predicted octanol–water partition coefficient (Wildman–Crippen LogP) is 2.90. The quantitative estimate of drug-likeness (QED) is 0.875. The molecule has 0 saturated carbocycles. The fraction of sp³-hybridized carbons (Fsp3) is 0.235. The molecule has 2 N–H and O–H groups in total. The third-order valence-corrected chi connectivity index (χ3v) is 3.33. The Kier molecular flexibility index (Phi) is 4.89. The summed E-state index contributed by atoms with van der Waals surface area (Å²) in [6, 6.07) is 17.9. The molecule has 1 atom stereocenters. The van der Waals surface area contributed by atoms with Crippen LogP contribution in [0, 0.1) is 11.3 Å². The molecule has 1 unspecified atom stereocenters. The number of rotatable bonds is 5. The van der Waals surface area contributed by atoms with Gasteiger partial charge in [-0.1, -0.05) is 36.4 Å². The summed E-state index contributed by atoms with van der Waals surface area (Å²) in [5.74, 6) is 0. The number of aliphatic hydroxyl groups excluding tert-OH is 1. The lowest BCUT2D eigenvalue weighted by atomic mass is 10.1. The largest absolute Gasteiger partial charge is 0.392 e. The van der Waals surface area contributed by atoms with Crippen LogP contribution in [0.25, 0.3) is 0 Å². The molecule has 3 heteroatoms. The lowest BCUT2D eigenvalue weighted by Crippen LogP contribution is -2.18. The highest BCUT2D eigenvalue weighted by molar-refractivity contribution is 5.34. The van der Waals surface area contributed by atoms with E-state index in [1.165, 1.54) is 5.56 Å². The van der Waals surface area contributed by atoms with Gasteiger partial charge in [0.2, 0.25) is 0 Å². The van der Waals surface area contributed by atoms with Crippen LogP contribution in [0.5, 0.6) is 0 Å². The first kappa shape index (κ1) is 14.3. The fourth-order valence-electron chi connectivity index (χ4n) is 2.03. The maximum Gasteiger partial charge on any atom is 0.0991 e. The Hall–Kier alpha value is -2.15. The van der Waals surface area contributed by atoms with Crippen LogP contribution in [0.3, 0.4) is 0 Å². The van der Waals surface area contributed by atoms with Crippen molar-refractivity contribution in [3.63, 3.8) is 0 Å². The molecule has 0 aliphatic heterocycles. The van der Waals surface area contributed by atoms with Gasteiger partial charge >= 0.3 is 0 Å². The number of nitrogens with one attached hydrogen (secondary N) is 1. The summed E-state index contributed by atoms with van der Waals surface area (Å²) in [4.78, 5) is 0. The summed E-state index contributed by atoms with van der Waals surface area (Å²) >= 11 is 0. The molecule has 0 amide bonds. The van der Waals surface area contributed by atoms with Crippen LogP contribution in [-0.2, 0) is 13.2 Å². The van der Waals surface area contributed by atoms with Crippen LogP contribution in [-0.4, -0.2) is 5.11 Å². The molecular weight excluding hydrogens is 248 g/mol. The Labute approximate surface area is 119 Å². The molecule has 0 bridgehead atoms. The molecule has 0 aliphatic carbocycles. The molecule has 0 heterocycles. The molecule has 0 aromatic heterocycles. The van der Waals surface area contributed by atoms with E-state index >= 15 is 0 Å². The van der Waals surface area contributed by atoms with Gasteiger partial charge in [0.05, 0.1) is 18.2 Å². The molecule has 0 aliphatic rings. The van der Waals surface area contributed by atoms with Crippen LogP contribution in [0.15, 0.2) is 48.5 Å². The highest BCUT2D eigenvalue weighted by Gasteiger charge is 2.05. The monoisotopic (exact) mass is 266 g/mol. The van der Waals surface area contributed by atoms with E-state index in [0.717, 1.165) is 17.7 Å². The SMILES string of the molecule is CC(NCc1ccc(CO)cc1)c1cccc(C#N)c1. The molecule has 20 heavy (non-hydrogen) atoms. The van der Waals surface area contributed by atoms with Crippen LogP contribution in [0.1, 0.15) is 35.2 Å². The standard InChI is InChI=1S/C17H18N2O/c1-13(17-4-2-3-16(9-17)10-18)19-11-14-5-7-15(12-20)8-6-14/h2-9,13,19-20H,11-12H2,1H3. The van der Waals surface area contributed by atoms with Crippen molar-refractivity contribution in [1.29, 1.82) is 5.26 Å². The maximum atomic E-state index is 9.00. The molecule has 0 fully saturated rings. The Morgan fingerprint density at radius 2 is 1.85 bits per heavy atom. The van der Waals surface area contributed by atoms with Crippen LogP contribution in [0.4, 0.5) is 0 Å². The van der Waals surface area contributed by atoms with Gasteiger partial charge in [-0.15, -0.1) is 0 Å². The van der Waals surface area contributed by atoms with Crippen molar-refractivity contribution in [2.45, 2.75) is 26.1 Å². The van der Waals surface area contributed by atoms with E-state index in [1.54, 1.807) is 0 Å². The minimum atomic E-state index is 0.0745. The lowest BCUT2D eigenvalue weighted by molar-refractivity contribution is 0.282. The molecule has 2 rings (SSSR count). The van der Waals surface area contributed by atoms with Crippen molar-refractivity contribution >= 4 is 0 Å². The Morgan fingerprint density at radius 1 is 1.15 bits per heavy atom. The number of hydrogen-bond acceptors (Lipinski definition) is 3. The number of nitriles is 1. The minimum absolute atomic E-state index is 0.0745. The van der Waals surface area contributed by atoms with E-state index < -0.39 is 0 Å². The minimum Gasteiger partial charge on any atom is -0.392 e. The number of hydrogen-bond donors (Lipinski definition) is 2. The van der Waals surface area contributed by atoms with E-state index in [2.05, 4.69) is 18.3 Å². The summed E-state index contributed by atoms with van der Waals surface area (Å²) < 4.78 is 0.